The van der Waals surface area contributed by atoms with E-state index in [1.54, 1.807) is 27.7 Å². The van der Waals surface area contributed by atoms with Gasteiger partial charge in [-0.25, -0.2) is 19.2 Å². The van der Waals surface area contributed by atoms with Crippen molar-refractivity contribution in [3.8, 4) is 0 Å². The van der Waals surface area contributed by atoms with Crippen molar-refractivity contribution < 1.29 is 38.1 Å². The van der Waals surface area contributed by atoms with Gasteiger partial charge in [0.15, 0.2) is 0 Å². The van der Waals surface area contributed by atoms with Crippen LogP contribution in [0.5, 0.6) is 0 Å². The lowest BCUT2D eigenvalue weighted by Crippen LogP contribution is -2.21. The highest BCUT2D eigenvalue weighted by Crippen LogP contribution is 2.24. The molecule has 1 rings (SSSR count). The second-order valence-electron chi connectivity index (χ2n) is 5.52. The minimum atomic E-state index is -0.975. The molecular weight excluding hydrogens is 334 g/mol. The molecular formula is C16H21NO8. The van der Waals surface area contributed by atoms with Crippen LogP contribution in [0.4, 0.5) is 0 Å². The number of methoxy groups -OCH3 is 2. The number of carbonyl (C=O) groups excluding carboxylic acids is 4. The molecule has 0 aromatic carbocycles. The Labute approximate surface area is 144 Å². The largest absolute Gasteiger partial charge is 0.464 e. The molecule has 0 spiro atoms. The van der Waals surface area contributed by atoms with E-state index in [9.17, 15) is 19.2 Å². The third-order valence-corrected chi connectivity index (χ3v) is 2.87. The monoisotopic (exact) mass is 355 g/mol. The average molecular weight is 355 g/mol. The highest BCUT2D eigenvalue weighted by molar-refractivity contribution is 6.15. The predicted octanol–water partition coefficient (Wildman–Crippen LogP) is 1.72. The van der Waals surface area contributed by atoms with Gasteiger partial charge in [-0.3, -0.25) is 0 Å². The molecule has 0 aliphatic rings. The first-order valence-electron chi connectivity index (χ1n) is 7.48. The van der Waals surface area contributed by atoms with Crippen LogP contribution in [0.2, 0.25) is 0 Å². The van der Waals surface area contributed by atoms with Crippen molar-refractivity contribution in [2.24, 2.45) is 0 Å². The number of ether oxygens (including phenoxy) is 4. The van der Waals surface area contributed by atoms with Crippen LogP contribution < -0.4 is 0 Å². The van der Waals surface area contributed by atoms with Crippen LogP contribution in [-0.2, 0) is 18.9 Å². The number of rotatable bonds is 6. The summed E-state index contributed by atoms with van der Waals surface area (Å²) in [6.45, 7) is 6.37. The zero-order chi connectivity index (χ0) is 19.3. The maximum absolute atomic E-state index is 12.4. The maximum Gasteiger partial charge on any atom is 0.355 e. The average Bonchev–Trinajstić information content (AvgIpc) is 2.92. The number of hydrogen-bond acceptors (Lipinski definition) is 8. The zero-order valence-electron chi connectivity index (χ0n) is 14.9. The van der Waals surface area contributed by atoms with Gasteiger partial charge in [0.25, 0.3) is 0 Å². The fraction of sp³-hybridized carbons (Fsp3) is 0.500. The van der Waals surface area contributed by atoms with Crippen LogP contribution in [0.15, 0.2) is 0 Å². The summed E-state index contributed by atoms with van der Waals surface area (Å²) in [7, 11) is 2.18. The lowest BCUT2D eigenvalue weighted by Gasteiger charge is -2.12. The molecule has 9 heteroatoms. The lowest BCUT2D eigenvalue weighted by molar-refractivity contribution is 0.0322. The van der Waals surface area contributed by atoms with E-state index in [-0.39, 0.29) is 0 Å². The molecule has 1 aromatic heterocycles. The van der Waals surface area contributed by atoms with Gasteiger partial charge >= 0.3 is 23.9 Å². The van der Waals surface area contributed by atoms with Gasteiger partial charge in [0.1, 0.15) is 22.5 Å². The minimum absolute atomic E-state index is 0.399. The number of aromatic amines is 1. The van der Waals surface area contributed by atoms with Crippen molar-refractivity contribution in [3.05, 3.63) is 22.5 Å². The number of H-pyrrole nitrogens is 1. The molecule has 0 radical (unpaired) electrons. The van der Waals surface area contributed by atoms with Crippen LogP contribution in [0.3, 0.4) is 0 Å². The van der Waals surface area contributed by atoms with Crippen molar-refractivity contribution >= 4 is 23.9 Å². The Kier molecular flexibility index (Phi) is 6.72. The summed E-state index contributed by atoms with van der Waals surface area (Å²) >= 11 is 0. The lowest BCUT2D eigenvalue weighted by atomic mass is 10.1. The van der Waals surface area contributed by atoms with Crippen molar-refractivity contribution in [3.63, 3.8) is 0 Å². The fourth-order valence-electron chi connectivity index (χ4n) is 1.96. The van der Waals surface area contributed by atoms with Gasteiger partial charge in [0, 0.05) is 0 Å². The van der Waals surface area contributed by atoms with Gasteiger partial charge in [0.2, 0.25) is 0 Å². The SMILES string of the molecule is COC(=O)c1[nH]c(C(=O)OC)c(C(=O)OC(C)C)c1C(=O)OC(C)C. The molecule has 0 atom stereocenters. The van der Waals surface area contributed by atoms with Crippen LogP contribution in [-0.4, -0.2) is 55.3 Å². The van der Waals surface area contributed by atoms with Gasteiger partial charge in [-0.05, 0) is 27.7 Å². The van der Waals surface area contributed by atoms with Gasteiger partial charge in [-0.2, -0.15) is 0 Å². The summed E-state index contributed by atoms with van der Waals surface area (Å²) in [5, 5.41) is 0. The Balaban J connectivity index is 3.67. The fourth-order valence-corrected chi connectivity index (χ4v) is 1.96. The smallest absolute Gasteiger partial charge is 0.355 e. The number of esters is 4. The number of nitrogens with one attached hydrogen (secondary N) is 1. The first-order chi connectivity index (χ1) is 11.6. The van der Waals surface area contributed by atoms with Crippen LogP contribution >= 0.6 is 0 Å². The Morgan fingerprint density at radius 1 is 0.680 bits per heavy atom. The summed E-state index contributed by atoms with van der Waals surface area (Å²) in [6, 6.07) is 0. The van der Waals surface area contributed by atoms with E-state index in [4.69, 9.17) is 9.47 Å². The molecule has 0 saturated carbocycles. The first-order valence-corrected chi connectivity index (χ1v) is 7.48. The van der Waals surface area contributed by atoms with Gasteiger partial charge in [0.05, 0.1) is 26.4 Å². The van der Waals surface area contributed by atoms with E-state index in [0.717, 1.165) is 14.2 Å². The summed E-state index contributed by atoms with van der Waals surface area (Å²) in [6.07, 6.45) is -1.05. The summed E-state index contributed by atoms with van der Waals surface area (Å²) < 4.78 is 19.3. The molecule has 1 N–H and O–H groups in total. The quantitative estimate of drug-likeness (QED) is 0.605. The van der Waals surface area contributed by atoms with E-state index >= 15 is 0 Å². The first kappa shape index (κ1) is 20.2. The van der Waals surface area contributed by atoms with Crippen molar-refractivity contribution in [1.82, 2.24) is 4.98 Å². The molecule has 25 heavy (non-hydrogen) atoms. The normalized spacial score (nSPS) is 10.6. The van der Waals surface area contributed by atoms with Crippen LogP contribution in [0, 0.1) is 0 Å². The summed E-state index contributed by atoms with van der Waals surface area (Å²) in [4.78, 5) is 51.2. The molecule has 0 saturated heterocycles. The molecule has 0 amide bonds. The van der Waals surface area contributed by atoms with Gasteiger partial charge in [-0.1, -0.05) is 0 Å². The Morgan fingerprint density at radius 3 is 1.24 bits per heavy atom. The predicted molar refractivity (Wildman–Crippen MR) is 84.6 cm³/mol. The molecule has 1 aromatic rings. The molecule has 0 aliphatic heterocycles. The van der Waals surface area contributed by atoms with E-state index < -0.39 is 58.6 Å². The summed E-state index contributed by atoms with van der Waals surface area (Å²) in [5.41, 5.74) is -1.67. The van der Waals surface area contributed by atoms with Crippen molar-refractivity contribution in [2.45, 2.75) is 39.9 Å². The molecule has 1 heterocycles. The molecule has 0 fully saturated rings. The summed E-state index contributed by atoms with van der Waals surface area (Å²) in [5.74, 6) is -3.86. The Hall–Kier alpha value is -2.84. The van der Waals surface area contributed by atoms with Gasteiger partial charge < -0.3 is 23.9 Å². The molecule has 0 unspecified atom stereocenters. The Morgan fingerprint density at radius 2 is 1.00 bits per heavy atom. The van der Waals surface area contributed by atoms with E-state index in [2.05, 4.69) is 14.5 Å². The molecule has 0 bridgehead atoms. The molecule has 0 aliphatic carbocycles. The van der Waals surface area contributed by atoms with Crippen LogP contribution in [0.25, 0.3) is 0 Å². The standard InChI is InChI=1S/C16H21NO8/c1-7(2)24-13(18)9-10(14(19)25-8(3)4)12(16(21)23-6)17-11(9)15(20)22-5/h7-8,17H,1-6H3. The van der Waals surface area contributed by atoms with E-state index in [0.29, 0.717) is 0 Å². The number of aromatic nitrogens is 1. The molecule has 9 nitrogen and oxygen atoms in total. The highest BCUT2D eigenvalue weighted by Gasteiger charge is 2.36. The van der Waals surface area contributed by atoms with Crippen LogP contribution in [0.1, 0.15) is 69.4 Å². The maximum atomic E-state index is 12.4. The number of hydrogen-bond donors (Lipinski definition) is 1. The third kappa shape index (κ3) is 4.59. The van der Waals surface area contributed by atoms with E-state index in [1.807, 2.05) is 0 Å². The highest BCUT2D eigenvalue weighted by atomic mass is 16.6. The van der Waals surface area contributed by atoms with Crippen molar-refractivity contribution in [1.29, 1.82) is 0 Å². The second-order valence-corrected chi connectivity index (χ2v) is 5.52. The zero-order valence-corrected chi connectivity index (χ0v) is 14.9. The molecule has 138 valence electrons. The van der Waals surface area contributed by atoms with E-state index in [1.165, 1.54) is 0 Å². The topological polar surface area (TPSA) is 121 Å². The number of carbonyl (C=O) groups is 4. The second kappa shape index (κ2) is 8.32. The third-order valence-electron chi connectivity index (χ3n) is 2.87. The minimum Gasteiger partial charge on any atom is -0.464 e. The van der Waals surface area contributed by atoms with Gasteiger partial charge in [-0.15, -0.1) is 0 Å². The van der Waals surface area contributed by atoms with Crippen molar-refractivity contribution in [2.75, 3.05) is 14.2 Å². The Bertz CT molecular complexity index is 630.